The van der Waals surface area contributed by atoms with Crippen LogP contribution in [0.25, 0.3) is 0 Å². The molecule has 2 aliphatic heterocycles. The fraction of sp³-hybridized carbons (Fsp3) is 0.300. The van der Waals surface area contributed by atoms with Crippen molar-refractivity contribution in [1.29, 1.82) is 0 Å². The standard InChI is InChI=1S/C20H21N3O2/c24-19(21-13-14-6-2-1-3-7-14)15-9-10-17-16(12-15)22-20(25)18-8-4-5-11-23(17)18/h1-3,6-7,9-10,12,18H,4-5,8,11,13H2,(H,21,24)(H,22,25)/t18-/m1/s1. The van der Waals surface area contributed by atoms with Crippen LogP contribution in [0.2, 0.25) is 0 Å². The van der Waals surface area contributed by atoms with E-state index < -0.39 is 0 Å². The molecular formula is C20H21N3O2. The minimum Gasteiger partial charge on any atom is -0.358 e. The first-order valence-electron chi connectivity index (χ1n) is 8.76. The minimum atomic E-state index is -0.137. The van der Waals surface area contributed by atoms with Gasteiger partial charge in [-0.05, 0) is 43.0 Å². The van der Waals surface area contributed by atoms with E-state index >= 15 is 0 Å². The Morgan fingerprint density at radius 1 is 1.16 bits per heavy atom. The molecule has 0 bridgehead atoms. The van der Waals surface area contributed by atoms with Gasteiger partial charge in [0.15, 0.2) is 0 Å². The van der Waals surface area contributed by atoms with Gasteiger partial charge in [-0.1, -0.05) is 30.3 Å². The predicted octanol–water partition coefficient (Wildman–Crippen LogP) is 2.93. The molecule has 4 rings (SSSR count). The number of nitrogens with zero attached hydrogens (tertiary/aromatic N) is 1. The number of carbonyl (C=O) groups excluding carboxylic acids is 2. The Balaban J connectivity index is 1.52. The average molecular weight is 335 g/mol. The predicted molar refractivity (Wildman–Crippen MR) is 97.7 cm³/mol. The lowest BCUT2D eigenvalue weighted by atomic mass is 9.97. The van der Waals surface area contributed by atoms with Gasteiger partial charge in [0.05, 0.1) is 11.4 Å². The summed E-state index contributed by atoms with van der Waals surface area (Å²) in [7, 11) is 0. The number of piperidine rings is 1. The number of rotatable bonds is 3. The fourth-order valence-electron chi connectivity index (χ4n) is 3.62. The Morgan fingerprint density at radius 2 is 2.00 bits per heavy atom. The number of amides is 2. The summed E-state index contributed by atoms with van der Waals surface area (Å²) in [4.78, 5) is 26.9. The Hall–Kier alpha value is -2.82. The monoisotopic (exact) mass is 335 g/mol. The normalized spacial score (nSPS) is 18.8. The lowest BCUT2D eigenvalue weighted by Gasteiger charge is -2.41. The van der Waals surface area contributed by atoms with Crippen molar-refractivity contribution in [2.24, 2.45) is 0 Å². The lowest BCUT2D eigenvalue weighted by Crippen LogP contribution is -2.50. The van der Waals surface area contributed by atoms with Crippen molar-refractivity contribution in [2.45, 2.75) is 31.8 Å². The molecule has 1 saturated heterocycles. The second-order valence-corrected chi connectivity index (χ2v) is 6.59. The summed E-state index contributed by atoms with van der Waals surface area (Å²) in [6.07, 6.45) is 3.08. The topological polar surface area (TPSA) is 61.4 Å². The minimum absolute atomic E-state index is 0.0362. The molecule has 0 spiro atoms. The van der Waals surface area contributed by atoms with Gasteiger partial charge in [-0.3, -0.25) is 9.59 Å². The van der Waals surface area contributed by atoms with E-state index in [0.29, 0.717) is 12.1 Å². The Labute approximate surface area is 147 Å². The molecule has 5 heteroatoms. The maximum Gasteiger partial charge on any atom is 0.251 e. The lowest BCUT2D eigenvalue weighted by molar-refractivity contribution is -0.118. The van der Waals surface area contributed by atoms with E-state index in [1.165, 1.54) is 0 Å². The maximum atomic E-state index is 12.4. The molecule has 0 unspecified atom stereocenters. The molecule has 128 valence electrons. The van der Waals surface area contributed by atoms with Crippen molar-refractivity contribution >= 4 is 23.2 Å². The van der Waals surface area contributed by atoms with E-state index in [4.69, 9.17) is 0 Å². The average Bonchev–Trinajstić information content (AvgIpc) is 2.67. The molecule has 2 aromatic rings. The van der Waals surface area contributed by atoms with E-state index in [1.807, 2.05) is 42.5 Å². The first-order chi connectivity index (χ1) is 12.2. The number of fused-ring (bicyclic) bond motifs is 3. The molecular weight excluding hydrogens is 314 g/mol. The molecule has 1 atom stereocenters. The summed E-state index contributed by atoms with van der Waals surface area (Å²) in [5.74, 6) is -0.101. The Kier molecular flexibility index (Phi) is 4.14. The zero-order chi connectivity index (χ0) is 17.2. The number of anilines is 2. The molecule has 0 saturated carbocycles. The van der Waals surface area contributed by atoms with Gasteiger partial charge in [0.25, 0.3) is 5.91 Å². The first-order valence-corrected chi connectivity index (χ1v) is 8.76. The van der Waals surface area contributed by atoms with Crippen LogP contribution in [-0.4, -0.2) is 24.4 Å². The third-order valence-electron chi connectivity index (χ3n) is 4.93. The van der Waals surface area contributed by atoms with Crippen molar-refractivity contribution in [2.75, 3.05) is 16.8 Å². The Morgan fingerprint density at radius 3 is 2.84 bits per heavy atom. The number of nitrogens with one attached hydrogen (secondary N) is 2. The van der Waals surface area contributed by atoms with Gasteiger partial charge in [-0.2, -0.15) is 0 Å². The smallest absolute Gasteiger partial charge is 0.251 e. The van der Waals surface area contributed by atoms with Gasteiger partial charge in [0.2, 0.25) is 5.91 Å². The molecule has 2 heterocycles. The molecule has 2 aliphatic rings. The maximum absolute atomic E-state index is 12.4. The largest absolute Gasteiger partial charge is 0.358 e. The Bertz CT molecular complexity index is 804. The summed E-state index contributed by atoms with van der Waals surface area (Å²) in [5.41, 5.74) is 3.36. The molecule has 2 aromatic carbocycles. The van der Waals surface area contributed by atoms with E-state index in [2.05, 4.69) is 15.5 Å². The molecule has 2 amide bonds. The van der Waals surface area contributed by atoms with E-state index in [0.717, 1.165) is 42.7 Å². The number of carbonyl (C=O) groups is 2. The number of hydrogen-bond donors (Lipinski definition) is 2. The third-order valence-corrected chi connectivity index (χ3v) is 4.93. The van der Waals surface area contributed by atoms with Crippen LogP contribution in [0.5, 0.6) is 0 Å². The van der Waals surface area contributed by atoms with E-state index in [9.17, 15) is 9.59 Å². The summed E-state index contributed by atoms with van der Waals surface area (Å²) in [5, 5.41) is 5.89. The third kappa shape index (κ3) is 3.09. The van der Waals surface area contributed by atoms with Gasteiger partial charge >= 0.3 is 0 Å². The van der Waals surface area contributed by atoms with Crippen LogP contribution in [-0.2, 0) is 11.3 Å². The van der Waals surface area contributed by atoms with Gasteiger partial charge < -0.3 is 15.5 Å². The van der Waals surface area contributed by atoms with Crippen LogP contribution in [0.1, 0.15) is 35.2 Å². The van der Waals surface area contributed by atoms with E-state index in [1.54, 1.807) is 6.07 Å². The second-order valence-electron chi connectivity index (χ2n) is 6.59. The molecule has 1 fully saturated rings. The number of hydrogen-bond acceptors (Lipinski definition) is 3. The van der Waals surface area contributed by atoms with Crippen LogP contribution in [0.15, 0.2) is 48.5 Å². The van der Waals surface area contributed by atoms with Gasteiger partial charge in [-0.15, -0.1) is 0 Å². The molecule has 0 aliphatic carbocycles. The molecule has 0 aromatic heterocycles. The molecule has 0 radical (unpaired) electrons. The summed E-state index contributed by atoms with van der Waals surface area (Å²) in [6, 6.07) is 15.3. The second kappa shape index (κ2) is 6.59. The zero-order valence-electron chi connectivity index (χ0n) is 14.0. The van der Waals surface area contributed by atoms with Crippen LogP contribution >= 0.6 is 0 Å². The summed E-state index contributed by atoms with van der Waals surface area (Å²) in [6.45, 7) is 1.38. The molecule has 25 heavy (non-hydrogen) atoms. The van der Waals surface area contributed by atoms with Gasteiger partial charge in [0.1, 0.15) is 6.04 Å². The van der Waals surface area contributed by atoms with Crippen molar-refractivity contribution in [3.8, 4) is 0 Å². The quantitative estimate of drug-likeness (QED) is 0.907. The highest BCUT2D eigenvalue weighted by Gasteiger charge is 2.34. The van der Waals surface area contributed by atoms with Crippen LogP contribution in [0.3, 0.4) is 0 Å². The highest BCUT2D eigenvalue weighted by atomic mass is 16.2. The van der Waals surface area contributed by atoms with E-state index in [-0.39, 0.29) is 17.9 Å². The summed E-state index contributed by atoms with van der Waals surface area (Å²) < 4.78 is 0. The highest BCUT2D eigenvalue weighted by Crippen LogP contribution is 2.36. The van der Waals surface area contributed by atoms with Gasteiger partial charge in [-0.25, -0.2) is 0 Å². The molecule has 5 nitrogen and oxygen atoms in total. The van der Waals surface area contributed by atoms with Crippen molar-refractivity contribution in [1.82, 2.24) is 5.32 Å². The van der Waals surface area contributed by atoms with Crippen LogP contribution in [0, 0.1) is 0 Å². The zero-order valence-corrected chi connectivity index (χ0v) is 14.0. The summed E-state index contributed by atoms with van der Waals surface area (Å²) >= 11 is 0. The van der Waals surface area contributed by atoms with Crippen molar-refractivity contribution in [3.05, 3.63) is 59.7 Å². The van der Waals surface area contributed by atoms with Crippen molar-refractivity contribution in [3.63, 3.8) is 0 Å². The van der Waals surface area contributed by atoms with Crippen molar-refractivity contribution < 1.29 is 9.59 Å². The van der Waals surface area contributed by atoms with Crippen LogP contribution in [0.4, 0.5) is 11.4 Å². The highest BCUT2D eigenvalue weighted by molar-refractivity contribution is 6.05. The number of benzene rings is 2. The SMILES string of the molecule is O=C(NCc1ccccc1)c1ccc2c(c1)NC(=O)[C@H]1CCCCN21. The van der Waals surface area contributed by atoms with Gasteiger partial charge in [0, 0.05) is 18.7 Å². The molecule has 2 N–H and O–H groups in total. The van der Waals surface area contributed by atoms with Crippen LogP contribution < -0.4 is 15.5 Å². The first kappa shape index (κ1) is 15.7. The fourth-order valence-corrected chi connectivity index (χ4v) is 3.62.